The summed E-state index contributed by atoms with van der Waals surface area (Å²) >= 11 is 0. The van der Waals surface area contributed by atoms with Gasteiger partial charge in [0, 0.05) is 6.54 Å². The number of hydrogen-bond donors (Lipinski definition) is 1. The van der Waals surface area contributed by atoms with Crippen molar-refractivity contribution in [3.63, 3.8) is 0 Å². The number of fused-ring (bicyclic) bond motifs is 1. The van der Waals surface area contributed by atoms with Crippen LogP contribution in [0.5, 0.6) is 5.75 Å². The minimum Gasteiger partial charge on any atom is -0.491 e. The smallest absolute Gasteiger partial charge is 0.262 e. The first-order chi connectivity index (χ1) is 10.9. The van der Waals surface area contributed by atoms with Crippen molar-refractivity contribution in [2.45, 2.75) is 30.7 Å². The number of nitrogens with zero attached hydrogens (tertiary/aromatic N) is 2. The van der Waals surface area contributed by atoms with E-state index in [-0.39, 0.29) is 0 Å². The van der Waals surface area contributed by atoms with Crippen molar-refractivity contribution in [2.75, 3.05) is 11.8 Å². The molecule has 1 aromatic carbocycles. The van der Waals surface area contributed by atoms with Gasteiger partial charge in [0.05, 0.1) is 29.6 Å². The van der Waals surface area contributed by atoms with E-state index in [1.54, 1.807) is 4.68 Å². The molecule has 23 heavy (non-hydrogen) atoms. The topological polar surface area (TPSA) is 73.2 Å². The SMILES string of the molecule is COc1c(F)cc(S(=O)(=O)Nc2cnn3c2CCCC3)cc1F. The number of nitrogens with one attached hydrogen (secondary N) is 1. The molecule has 6 nitrogen and oxygen atoms in total. The molecule has 1 aliphatic heterocycles. The van der Waals surface area contributed by atoms with Gasteiger partial charge in [-0.15, -0.1) is 0 Å². The Balaban J connectivity index is 1.95. The molecule has 9 heteroatoms. The molecule has 0 bridgehead atoms. The van der Waals surface area contributed by atoms with E-state index in [2.05, 4.69) is 14.6 Å². The molecule has 1 aliphatic rings. The summed E-state index contributed by atoms with van der Waals surface area (Å²) in [5.74, 6) is -2.78. The van der Waals surface area contributed by atoms with Crippen LogP contribution in [0.25, 0.3) is 0 Å². The van der Waals surface area contributed by atoms with E-state index in [9.17, 15) is 17.2 Å². The van der Waals surface area contributed by atoms with E-state index in [0.29, 0.717) is 12.1 Å². The first-order valence-electron chi connectivity index (χ1n) is 7.03. The van der Waals surface area contributed by atoms with Crippen LogP contribution < -0.4 is 9.46 Å². The number of halogens is 2. The molecule has 0 saturated carbocycles. The van der Waals surface area contributed by atoms with Crippen LogP contribution in [-0.2, 0) is 23.0 Å². The molecule has 0 atom stereocenters. The summed E-state index contributed by atoms with van der Waals surface area (Å²) in [5.41, 5.74) is 1.11. The molecule has 0 spiro atoms. The van der Waals surface area contributed by atoms with Gasteiger partial charge in [-0.1, -0.05) is 0 Å². The van der Waals surface area contributed by atoms with Crippen LogP contribution >= 0.6 is 0 Å². The highest BCUT2D eigenvalue weighted by molar-refractivity contribution is 7.92. The number of hydrogen-bond acceptors (Lipinski definition) is 4. The zero-order valence-corrected chi connectivity index (χ0v) is 13.2. The van der Waals surface area contributed by atoms with Crippen molar-refractivity contribution >= 4 is 15.7 Å². The fourth-order valence-electron chi connectivity index (χ4n) is 2.60. The Hall–Kier alpha value is -2.16. The summed E-state index contributed by atoms with van der Waals surface area (Å²) < 4.78 is 60.8. The zero-order valence-electron chi connectivity index (χ0n) is 12.3. The highest BCUT2D eigenvalue weighted by Crippen LogP contribution is 2.28. The van der Waals surface area contributed by atoms with E-state index in [1.165, 1.54) is 6.20 Å². The number of aromatic nitrogens is 2. The number of anilines is 1. The van der Waals surface area contributed by atoms with E-state index < -0.39 is 32.3 Å². The summed E-state index contributed by atoms with van der Waals surface area (Å²) in [4.78, 5) is -0.510. The third-order valence-electron chi connectivity index (χ3n) is 3.71. The maximum atomic E-state index is 13.7. The molecule has 124 valence electrons. The van der Waals surface area contributed by atoms with E-state index >= 15 is 0 Å². The lowest BCUT2D eigenvalue weighted by Crippen LogP contribution is -2.17. The maximum absolute atomic E-state index is 13.7. The first-order valence-corrected chi connectivity index (χ1v) is 8.51. The minimum atomic E-state index is -4.13. The van der Waals surface area contributed by atoms with Gasteiger partial charge in [-0.2, -0.15) is 5.10 Å². The van der Waals surface area contributed by atoms with Crippen LogP contribution in [0.3, 0.4) is 0 Å². The summed E-state index contributed by atoms with van der Waals surface area (Å²) in [5, 5.41) is 4.12. The van der Waals surface area contributed by atoms with E-state index in [1.807, 2.05) is 0 Å². The van der Waals surface area contributed by atoms with Gasteiger partial charge < -0.3 is 4.74 Å². The van der Waals surface area contributed by atoms with Crippen molar-refractivity contribution in [2.24, 2.45) is 0 Å². The lowest BCUT2D eigenvalue weighted by Gasteiger charge is -2.15. The molecule has 0 saturated heterocycles. The molecule has 2 heterocycles. The standard InChI is InChI=1S/C14H15F2N3O3S/c1-22-14-10(15)6-9(7-11(14)16)23(20,21)18-12-8-17-19-5-3-2-4-13(12)19/h6-8,18H,2-5H2,1H3. The second kappa shape index (κ2) is 5.80. The fraction of sp³-hybridized carbons (Fsp3) is 0.357. The highest BCUT2D eigenvalue weighted by Gasteiger charge is 2.23. The fourth-order valence-corrected chi connectivity index (χ4v) is 3.69. The lowest BCUT2D eigenvalue weighted by atomic mass is 10.1. The Morgan fingerprint density at radius 2 is 1.96 bits per heavy atom. The third kappa shape index (κ3) is 2.88. The van der Waals surface area contributed by atoms with Gasteiger partial charge in [-0.25, -0.2) is 17.2 Å². The molecule has 0 amide bonds. The van der Waals surface area contributed by atoms with Crippen molar-refractivity contribution in [3.8, 4) is 5.75 Å². The average molecular weight is 343 g/mol. The second-order valence-corrected chi connectivity index (χ2v) is 6.89. The van der Waals surface area contributed by atoms with Crippen LogP contribution in [0.2, 0.25) is 0 Å². The number of ether oxygens (including phenoxy) is 1. The molecule has 0 aliphatic carbocycles. The van der Waals surface area contributed by atoms with Gasteiger partial charge >= 0.3 is 0 Å². The lowest BCUT2D eigenvalue weighted by molar-refractivity contribution is 0.358. The predicted molar refractivity (Wildman–Crippen MR) is 78.9 cm³/mol. The van der Waals surface area contributed by atoms with Gasteiger partial charge in [0.25, 0.3) is 10.0 Å². The first kappa shape index (κ1) is 15.7. The van der Waals surface area contributed by atoms with Gasteiger partial charge in [-0.05, 0) is 31.4 Å². The van der Waals surface area contributed by atoms with Crippen LogP contribution in [0.15, 0.2) is 23.2 Å². The molecule has 1 aromatic heterocycles. The van der Waals surface area contributed by atoms with Crippen LogP contribution in [-0.4, -0.2) is 25.3 Å². The molecule has 1 N–H and O–H groups in total. The average Bonchev–Trinajstić information content (AvgIpc) is 2.90. The Labute approximate surface area is 132 Å². The Morgan fingerprint density at radius 1 is 1.26 bits per heavy atom. The molecule has 0 unspecified atom stereocenters. The van der Waals surface area contributed by atoms with Crippen LogP contribution in [0.1, 0.15) is 18.5 Å². The van der Waals surface area contributed by atoms with Crippen molar-refractivity contribution in [3.05, 3.63) is 35.7 Å². The molecule has 0 fully saturated rings. The number of aryl methyl sites for hydroxylation is 1. The summed E-state index contributed by atoms with van der Waals surface area (Å²) in [6.07, 6.45) is 4.03. The van der Waals surface area contributed by atoms with E-state index in [0.717, 1.165) is 44.3 Å². The number of sulfonamides is 1. The number of methoxy groups -OCH3 is 1. The Kier molecular flexibility index (Phi) is 3.97. The third-order valence-corrected chi connectivity index (χ3v) is 5.06. The summed E-state index contributed by atoms with van der Waals surface area (Å²) in [7, 11) is -3.02. The quantitative estimate of drug-likeness (QED) is 0.924. The monoisotopic (exact) mass is 343 g/mol. The van der Waals surface area contributed by atoms with E-state index in [4.69, 9.17) is 0 Å². The predicted octanol–water partition coefficient (Wildman–Crippen LogP) is 2.31. The van der Waals surface area contributed by atoms with Crippen molar-refractivity contribution < 1.29 is 21.9 Å². The molecule has 2 aromatic rings. The van der Waals surface area contributed by atoms with Crippen LogP contribution in [0.4, 0.5) is 14.5 Å². The second-order valence-electron chi connectivity index (χ2n) is 5.21. The highest BCUT2D eigenvalue weighted by atomic mass is 32.2. The Morgan fingerprint density at radius 3 is 2.61 bits per heavy atom. The molecule has 3 rings (SSSR count). The minimum absolute atomic E-state index is 0.335. The Bertz CT molecular complexity index is 826. The largest absolute Gasteiger partial charge is 0.491 e. The molecular formula is C14H15F2N3O3S. The zero-order chi connectivity index (χ0) is 16.6. The van der Waals surface area contributed by atoms with Crippen molar-refractivity contribution in [1.82, 2.24) is 9.78 Å². The number of benzene rings is 1. The summed E-state index contributed by atoms with van der Waals surface area (Å²) in [6.45, 7) is 0.725. The normalized spacial score (nSPS) is 14.4. The van der Waals surface area contributed by atoms with Crippen molar-refractivity contribution in [1.29, 1.82) is 0 Å². The summed E-state index contributed by atoms with van der Waals surface area (Å²) in [6, 6.07) is 1.44. The van der Waals surface area contributed by atoms with Gasteiger partial charge in [-0.3, -0.25) is 9.40 Å². The number of rotatable bonds is 4. The van der Waals surface area contributed by atoms with Crippen LogP contribution in [0, 0.1) is 11.6 Å². The van der Waals surface area contributed by atoms with Gasteiger partial charge in [0.2, 0.25) is 0 Å². The van der Waals surface area contributed by atoms with Gasteiger partial charge in [0.15, 0.2) is 17.4 Å². The maximum Gasteiger partial charge on any atom is 0.262 e. The molecular weight excluding hydrogens is 328 g/mol. The van der Waals surface area contributed by atoms with Gasteiger partial charge in [0.1, 0.15) is 0 Å². The molecule has 0 radical (unpaired) electrons.